The zero-order chi connectivity index (χ0) is 13.1. The van der Waals surface area contributed by atoms with Crippen LogP contribution >= 0.6 is 0 Å². The third-order valence-electron chi connectivity index (χ3n) is 3.19. The van der Waals surface area contributed by atoms with Crippen molar-refractivity contribution in [2.24, 2.45) is 5.92 Å². The highest BCUT2D eigenvalue weighted by Crippen LogP contribution is 2.27. The molecule has 0 aromatic carbocycles. The maximum Gasteiger partial charge on any atom is 0.147 e. The largest absolute Gasteiger partial charge is 0.382 e. The van der Waals surface area contributed by atoms with Gasteiger partial charge in [0.2, 0.25) is 0 Å². The Labute approximate surface area is 111 Å². The molecule has 1 aliphatic carbocycles. The van der Waals surface area contributed by atoms with Crippen LogP contribution in [0.5, 0.6) is 0 Å². The van der Waals surface area contributed by atoms with Gasteiger partial charge in [-0.05, 0) is 25.7 Å². The quantitative estimate of drug-likeness (QED) is 0.378. The molecule has 1 fully saturated rings. The van der Waals surface area contributed by atoms with Crippen molar-refractivity contribution in [3.8, 4) is 11.8 Å². The Morgan fingerprint density at radius 1 is 1.22 bits per heavy atom. The van der Waals surface area contributed by atoms with Crippen LogP contribution < -0.4 is 0 Å². The van der Waals surface area contributed by atoms with Gasteiger partial charge in [-0.25, -0.2) is 0 Å². The van der Waals surface area contributed by atoms with Crippen LogP contribution in [0.4, 0.5) is 0 Å². The molecule has 0 radical (unpaired) electrons. The van der Waals surface area contributed by atoms with Crippen molar-refractivity contribution in [3.63, 3.8) is 0 Å². The first kappa shape index (κ1) is 15.5. The van der Waals surface area contributed by atoms with Crippen LogP contribution in [0.3, 0.4) is 0 Å². The number of hydrogen-bond donors (Lipinski definition) is 0. The van der Waals surface area contributed by atoms with Crippen LogP contribution in [0, 0.1) is 17.8 Å². The van der Waals surface area contributed by atoms with E-state index in [1.807, 2.05) is 0 Å². The Hall–Kier alpha value is -0.560. The van der Waals surface area contributed by atoms with E-state index in [0.29, 0.717) is 25.9 Å². The van der Waals surface area contributed by atoms with E-state index in [-0.39, 0.29) is 6.10 Å². The van der Waals surface area contributed by atoms with E-state index >= 15 is 0 Å². The summed E-state index contributed by atoms with van der Waals surface area (Å²) in [6, 6.07) is 0. The third kappa shape index (κ3) is 6.39. The minimum Gasteiger partial charge on any atom is -0.382 e. The monoisotopic (exact) mass is 254 g/mol. The molecular formula is C15H26O3. The van der Waals surface area contributed by atoms with Crippen molar-refractivity contribution in [2.45, 2.75) is 51.6 Å². The predicted octanol–water partition coefficient (Wildman–Crippen LogP) is 2.99. The van der Waals surface area contributed by atoms with Crippen LogP contribution in [-0.4, -0.2) is 33.2 Å². The van der Waals surface area contributed by atoms with Gasteiger partial charge >= 0.3 is 0 Å². The minimum atomic E-state index is 0.265. The molecule has 0 heterocycles. The van der Waals surface area contributed by atoms with Crippen LogP contribution in [0.25, 0.3) is 0 Å². The molecule has 0 amide bonds. The fraction of sp³-hybridized carbons (Fsp3) is 0.867. The summed E-state index contributed by atoms with van der Waals surface area (Å²) >= 11 is 0. The smallest absolute Gasteiger partial charge is 0.147 e. The van der Waals surface area contributed by atoms with Gasteiger partial charge < -0.3 is 14.2 Å². The van der Waals surface area contributed by atoms with Crippen molar-refractivity contribution < 1.29 is 14.2 Å². The molecule has 0 bridgehead atoms. The second-order valence-electron chi connectivity index (χ2n) is 4.69. The van der Waals surface area contributed by atoms with E-state index in [9.17, 15) is 0 Å². The van der Waals surface area contributed by atoms with Crippen LogP contribution in [-0.2, 0) is 14.2 Å². The van der Waals surface area contributed by atoms with E-state index in [2.05, 4.69) is 18.8 Å². The molecule has 18 heavy (non-hydrogen) atoms. The van der Waals surface area contributed by atoms with Gasteiger partial charge in [-0.15, -0.1) is 5.92 Å². The van der Waals surface area contributed by atoms with Gasteiger partial charge in [0, 0.05) is 19.4 Å². The molecule has 1 rings (SSSR count). The highest BCUT2D eigenvalue weighted by molar-refractivity contribution is 5.07. The van der Waals surface area contributed by atoms with E-state index in [0.717, 1.165) is 12.8 Å². The molecule has 0 N–H and O–H groups in total. The lowest BCUT2D eigenvalue weighted by Crippen LogP contribution is -2.19. The van der Waals surface area contributed by atoms with Crippen LogP contribution in [0.15, 0.2) is 0 Å². The first-order valence-electron chi connectivity index (χ1n) is 7.05. The minimum absolute atomic E-state index is 0.265. The molecule has 0 aliphatic heterocycles. The molecule has 0 saturated heterocycles. The van der Waals surface area contributed by atoms with Crippen molar-refractivity contribution >= 4 is 0 Å². The highest BCUT2D eigenvalue weighted by atomic mass is 16.7. The fourth-order valence-electron chi connectivity index (χ4n) is 2.10. The summed E-state index contributed by atoms with van der Waals surface area (Å²) in [6.07, 6.45) is 7.20. The van der Waals surface area contributed by atoms with Gasteiger partial charge in [0.1, 0.15) is 6.79 Å². The molecule has 104 valence electrons. The number of methoxy groups -OCH3 is 1. The van der Waals surface area contributed by atoms with Gasteiger partial charge in [0.25, 0.3) is 0 Å². The highest BCUT2D eigenvalue weighted by Gasteiger charge is 2.26. The molecule has 3 nitrogen and oxygen atoms in total. The van der Waals surface area contributed by atoms with E-state index in [1.165, 1.54) is 25.7 Å². The summed E-state index contributed by atoms with van der Waals surface area (Å²) in [5.74, 6) is 7.05. The van der Waals surface area contributed by atoms with E-state index in [1.54, 1.807) is 7.11 Å². The maximum atomic E-state index is 5.74. The average Bonchev–Trinajstić information content (AvgIpc) is 2.82. The number of ether oxygens (including phenoxy) is 3. The molecule has 1 aliphatic rings. The molecule has 2 atom stereocenters. The Bertz CT molecular complexity index is 254. The van der Waals surface area contributed by atoms with Gasteiger partial charge in [0.15, 0.2) is 0 Å². The molecule has 3 heteroatoms. The van der Waals surface area contributed by atoms with E-state index in [4.69, 9.17) is 14.2 Å². The molecule has 0 aromatic heterocycles. The fourth-order valence-corrected chi connectivity index (χ4v) is 2.10. The standard InChI is InChI=1S/C15H26O3/c1-3-4-5-6-8-14-9-7-10-15(14)18-13-17-12-11-16-2/h14-15H,3-5,7,9-13H2,1-2H3/t14-,15+/m0/s1. The topological polar surface area (TPSA) is 27.7 Å². The van der Waals surface area contributed by atoms with Gasteiger partial charge in [-0.1, -0.05) is 19.3 Å². The van der Waals surface area contributed by atoms with Crippen molar-refractivity contribution in [3.05, 3.63) is 0 Å². The summed E-state index contributed by atoms with van der Waals surface area (Å²) in [5, 5.41) is 0. The van der Waals surface area contributed by atoms with Crippen molar-refractivity contribution in [1.82, 2.24) is 0 Å². The summed E-state index contributed by atoms with van der Waals surface area (Å²) < 4.78 is 16.0. The number of rotatable bonds is 8. The number of unbranched alkanes of at least 4 members (excludes halogenated alkanes) is 2. The van der Waals surface area contributed by atoms with Crippen molar-refractivity contribution in [2.75, 3.05) is 27.1 Å². The zero-order valence-corrected chi connectivity index (χ0v) is 11.7. The van der Waals surface area contributed by atoms with Gasteiger partial charge in [-0.2, -0.15) is 0 Å². The lowest BCUT2D eigenvalue weighted by Gasteiger charge is -2.15. The second kappa shape index (κ2) is 10.4. The Kier molecular flexibility index (Phi) is 8.93. The normalized spacial score (nSPS) is 22.8. The maximum absolute atomic E-state index is 5.74. The Morgan fingerprint density at radius 2 is 2.11 bits per heavy atom. The summed E-state index contributed by atoms with van der Waals surface area (Å²) in [5.41, 5.74) is 0. The average molecular weight is 254 g/mol. The van der Waals surface area contributed by atoms with Crippen LogP contribution in [0.2, 0.25) is 0 Å². The number of hydrogen-bond acceptors (Lipinski definition) is 3. The first-order chi connectivity index (χ1) is 8.88. The molecular weight excluding hydrogens is 228 g/mol. The van der Waals surface area contributed by atoms with Gasteiger partial charge in [-0.3, -0.25) is 0 Å². The second-order valence-corrected chi connectivity index (χ2v) is 4.69. The molecule has 0 unspecified atom stereocenters. The Balaban J connectivity index is 2.15. The van der Waals surface area contributed by atoms with Crippen LogP contribution in [0.1, 0.15) is 45.4 Å². The third-order valence-corrected chi connectivity index (χ3v) is 3.19. The summed E-state index contributed by atoms with van der Waals surface area (Å²) in [7, 11) is 1.67. The summed E-state index contributed by atoms with van der Waals surface area (Å²) in [6.45, 7) is 3.77. The Morgan fingerprint density at radius 3 is 2.89 bits per heavy atom. The molecule has 0 aromatic rings. The van der Waals surface area contributed by atoms with Crippen molar-refractivity contribution in [1.29, 1.82) is 0 Å². The lowest BCUT2D eigenvalue weighted by atomic mass is 10.1. The first-order valence-corrected chi connectivity index (χ1v) is 7.05. The lowest BCUT2D eigenvalue weighted by molar-refractivity contribution is -0.101. The SMILES string of the molecule is CCCCC#C[C@H]1CCC[C@H]1OCOCCOC. The van der Waals surface area contributed by atoms with Gasteiger partial charge in [0.05, 0.1) is 19.3 Å². The van der Waals surface area contributed by atoms with E-state index < -0.39 is 0 Å². The molecule has 1 saturated carbocycles. The zero-order valence-electron chi connectivity index (χ0n) is 11.7. The summed E-state index contributed by atoms with van der Waals surface area (Å²) in [4.78, 5) is 0. The molecule has 0 spiro atoms. The predicted molar refractivity (Wildman–Crippen MR) is 72.2 cm³/mol.